The van der Waals surface area contributed by atoms with Crippen molar-refractivity contribution in [3.8, 4) is 5.75 Å². The number of methoxy groups -OCH3 is 1. The second-order valence-corrected chi connectivity index (χ2v) is 7.66. The topological polar surface area (TPSA) is 58.6 Å². The fourth-order valence-corrected chi connectivity index (χ4v) is 3.64. The van der Waals surface area contributed by atoms with E-state index in [1.165, 1.54) is 4.90 Å². The molecule has 1 heterocycles. The molecule has 5 heteroatoms. The third-order valence-electron chi connectivity index (χ3n) is 5.53. The van der Waals surface area contributed by atoms with Gasteiger partial charge in [0.15, 0.2) is 0 Å². The van der Waals surface area contributed by atoms with Crippen LogP contribution in [0.3, 0.4) is 0 Å². The minimum Gasteiger partial charge on any atom is -0.496 e. The smallest absolute Gasteiger partial charge is 0.282 e. The summed E-state index contributed by atoms with van der Waals surface area (Å²) in [6, 6.07) is 20.4. The standard InChI is InChI=1S/C26H24N2O3/c1-16-9-13-20(14-10-16)28-25(29)23(21-7-5-6-8-22(21)31-4)24(26(28)30)27-19-12-11-17(2)18(3)15-19/h5-15,27H,1-4H3. The van der Waals surface area contributed by atoms with Crippen LogP contribution in [0.4, 0.5) is 11.4 Å². The first-order chi connectivity index (χ1) is 14.9. The molecule has 1 N–H and O–H groups in total. The number of rotatable bonds is 5. The lowest BCUT2D eigenvalue weighted by Gasteiger charge is -2.16. The van der Waals surface area contributed by atoms with Crippen molar-refractivity contribution in [1.82, 2.24) is 0 Å². The molecule has 0 aliphatic carbocycles. The Bertz CT molecular complexity index is 1210. The molecule has 3 aromatic carbocycles. The number of imide groups is 1. The van der Waals surface area contributed by atoms with Gasteiger partial charge in [-0.15, -0.1) is 0 Å². The van der Waals surface area contributed by atoms with Crippen LogP contribution < -0.4 is 15.0 Å². The molecule has 1 aliphatic rings. The summed E-state index contributed by atoms with van der Waals surface area (Å²) in [5.74, 6) is -0.249. The van der Waals surface area contributed by atoms with Gasteiger partial charge in [0.25, 0.3) is 11.8 Å². The molecule has 0 atom stereocenters. The van der Waals surface area contributed by atoms with Crippen molar-refractivity contribution in [3.63, 3.8) is 0 Å². The molecule has 0 fully saturated rings. The molecule has 5 nitrogen and oxygen atoms in total. The Morgan fingerprint density at radius 2 is 1.52 bits per heavy atom. The summed E-state index contributed by atoms with van der Waals surface area (Å²) in [7, 11) is 1.55. The molecular formula is C26H24N2O3. The number of aryl methyl sites for hydroxylation is 3. The molecule has 0 unspecified atom stereocenters. The molecule has 0 spiro atoms. The first-order valence-corrected chi connectivity index (χ1v) is 10.1. The van der Waals surface area contributed by atoms with E-state index in [4.69, 9.17) is 4.74 Å². The second-order valence-electron chi connectivity index (χ2n) is 7.66. The van der Waals surface area contributed by atoms with Crippen LogP contribution in [0.15, 0.2) is 72.4 Å². The van der Waals surface area contributed by atoms with Crippen molar-refractivity contribution < 1.29 is 14.3 Å². The Hall–Kier alpha value is -3.86. The van der Waals surface area contributed by atoms with Gasteiger partial charge in [-0.1, -0.05) is 42.0 Å². The molecule has 4 rings (SSSR count). The molecule has 0 aromatic heterocycles. The quantitative estimate of drug-likeness (QED) is 0.598. The Labute approximate surface area is 182 Å². The molecule has 156 valence electrons. The predicted molar refractivity (Wildman–Crippen MR) is 123 cm³/mol. The van der Waals surface area contributed by atoms with Crippen LogP contribution in [0, 0.1) is 20.8 Å². The molecule has 0 saturated carbocycles. The van der Waals surface area contributed by atoms with Crippen LogP contribution in [-0.4, -0.2) is 18.9 Å². The lowest BCUT2D eigenvalue weighted by atomic mass is 10.0. The van der Waals surface area contributed by atoms with Crippen molar-refractivity contribution in [2.75, 3.05) is 17.3 Å². The Morgan fingerprint density at radius 3 is 2.19 bits per heavy atom. The molecule has 0 bridgehead atoms. The summed E-state index contributed by atoms with van der Waals surface area (Å²) in [5.41, 5.74) is 5.68. The van der Waals surface area contributed by atoms with Crippen LogP contribution in [-0.2, 0) is 9.59 Å². The lowest BCUT2D eigenvalue weighted by molar-refractivity contribution is -0.120. The first-order valence-electron chi connectivity index (χ1n) is 10.1. The SMILES string of the molecule is COc1ccccc1C1=C(Nc2ccc(C)c(C)c2)C(=O)N(c2ccc(C)cc2)C1=O. The van der Waals surface area contributed by atoms with Gasteiger partial charge < -0.3 is 10.1 Å². The van der Waals surface area contributed by atoms with Crippen molar-refractivity contribution >= 4 is 28.8 Å². The van der Waals surface area contributed by atoms with E-state index in [1.807, 2.05) is 63.2 Å². The van der Waals surface area contributed by atoms with E-state index < -0.39 is 5.91 Å². The van der Waals surface area contributed by atoms with Crippen molar-refractivity contribution in [1.29, 1.82) is 0 Å². The zero-order chi connectivity index (χ0) is 22.1. The van der Waals surface area contributed by atoms with Crippen molar-refractivity contribution in [2.24, 2.45) is 0 Å². The number of anilines is 2. The van der Waals surface area contributed by atoms with E-state index in [9.17, 15) is 9.59 Å². The van der Waals surface area contributed by atoms with E-state index in [1.54, 1.807) is 31.4 Å². The molecule has 31 heavy (non-hydrogen) atoms. The highest BCUT2D eigenvalue weighted by Crippen LogP contribution is 2.37. The van der Waals surface area contributed by atoms with E-state index in [0.29, 0.717) is 22.6 Å². The molecule has 1 aliphatic heterocycles. The zero-order valence-electron chi connectivity index (χ0n) is 18.0. The van der Waals surface area contributed by atoms with Gasteiger partial charge in [-0.2, -0.15) is 0 Å². The Morgan fingerprint density at radius 1 is 0.806 bits per heavy atom. The van der Waals surface area contributed by atoms with Crippen molar-refractivity contribution in [2.45, 2.75) is 20.8 Å². The van der Waals surface area contributed by atoms with Gasteiger partial charge in [0.1, 0.15) is 11.4 Å². The summed E-state index contributed by atoms with van der Waals surface area (Å²) in [4.78, 5) is 28.2. The number of benzene rings is 3. The highest BCUT2D eigenvalue weighted by atomic mass is 16.5. The molecule has 2 amide bonds. The first kappa shape index (κ1) is 20.4. The minimum absolute atomic E-state index is 0.235. The second kappa shape index (κ2) is 8.11. The highest BCUT2D eigenvalue weighted by Gasteiger charge is 2.41. The van der Waals surface area contributed by atoms with E-state index in [-0.39, 0.29) is 11.6 Å². The molecule has 3 aromatic rings. The average Bonchev–Trinajstić information content (AvgIpc) is 3.01. The van der Waals surface area contributed by atoms with Crippen molar-refractivity contribution in [3.05, 3.63) is 94.7 Å². The van der Waals surface area contributed by atoms with Crippen LogP contribution in [0.5, 0.6) is 5.75 Å². The van der Waals surface area contributed by atoms with Gasteiger partial charge in [-0.3, -0.25) is 9.59 Å². The van der Waals surface area contributed by atoms with Crippen LogP contribution in [0.25, 0.3) is 5.57 Å². The number of carbonyl (C=O) groups is 2. The summed E-state index contributed by atoms with van der Waals surface area (Å²) in [6.45, 7) is 6.00. The molecule has 0 radical (unpaired) electrons. The van der Waals surface area contributed by atoms with Gasteiger partial charge >= 0.3 is 0 Å². The normalized spacial score (nSPS) is 13.7. The van der Waals surface area contributed by atoms with Gasteiger partial charge in [-0.05, 0) is 62.2 Å². The van der Waals surface area contributed by atoms with E-state index >= 15 is 0 Å². The van der Waals surface area contributed by atoms with Gasteiger partial charge in [0.2, 0.25) is 0 Å². The van der Waals surface area contributed by atoms with Gasteiger partial charge in [0.05, 0.1) is 18.4 Å². The molecular weight excluding hydrogens is 388 g/mol. The number of hydrogen-bond donors (Lipinski definition) is 1. The Balaban J connectivity index is 1.86. The number of nitrogens with zero attached hydrogens (tertiary/aromatic N) is 1. The lowest BCUT2D eigenvalue weighted by Crippen LogP contribution is -2.32. The monoisotopic (exact) mass is 412 g/mol. The fraction of sp³-hybridized carbons (Fsp3) is 0.154. The number of ether oxygens (including phenoxy) is 1. The zero-order valence-corrected chi connectivity index (χ0v) is 18.0. The average molecular weight is 412 g/mol. The molecule has 0 saturated heterocycles. The third kappa shape index (κ3) is 3.70. The third-order valence-corrected chi connectivity index (χ3v) is 5.53. The minimum atomic E-state index is -0.395. The Kier molecular flexibility index (Phi) is 5.34. The highest BCUT2D eigenvalue weighted by molar-refractivity contribution is 6.46. The van der Waals surface area contributed by atoms with E-state index in [2.05, 4.69) is 5.32 Å². The number of para-hydroxylation sites is 1. The predicted octanol–water partition coefficient (Wildman–Crippen LogP) is 5.02. The summed E-state index contributed by atoms with van der Waals surface area (Å²) < 4.78 is 5.49. The maximum atomic E-state index is 13.5. The summed E-state index contributed by atoms with van der Waals surface area (Å²) in [6.07, 6.45) is 0. The maximum Gasteiger partial charge on any atom is 0.282 e. The largest absolute Gasteiger partial charge is 0.496 e. The van der Waals surface area contributed by atoms with Crippen LogP contribution in [0.1, 0.15) is 22.3 Å². The number of hydrogen-bond acceptors (Lipinski definition) is 4. The van der Waals surface area contributed by atoms with Crippen LogP contribution >= 0.6 is 0 Å². The number of amides is 2. The summed E-state index contributed by atoms with van der Waals surface area (Å²) >= 11 is 0. The number of nitrogens with one attached hydrogen (secondary N) is 1. The van der Waals surface area contributed by atoms with Gasteiger partial charge in [0, 0.05) is 11.3 Å². The van der Waals surface area contributed by atoms with Gasteiger partial charge in [-0.25, -0.2) is 4.90 Å². The summed E-state index contributed by atoms with van der Waals surface area (Å²) in [5, 5.41) is 3.21. The van der Waals surface area contributed by atoms with Crippen LogP contribution in [0.2, 0.25) is 0 Å². The fourth-order valence-electron chi connectivity index (χ4n) is 3.64. The number of carbonyl (C=O) groups excluding carboxylic acids is 2. The maximum absolute atomic E-state index is 13.5. The van der Waals surface area contributed by atoms with E-state index in [0.717, 1.165) is 22.4 Å².